The van der Waals surface area contributed by atoms with Crippen LogP contribution in [-0.2, 0) is 17.1 Å². The first-order valence-electron chi connectivity index (χ1n) is 7.59. The average molecular weight is 353 g/mol. The molecule has 130 valence electrons. The fraction of sp³-hybridized carbons (Fsp3) is 0.500. The topological polar surface area (TPSA) is 102 Å². The van der Waals surface area contributed by atoms with E-state index >= 15 is 0 Å². The number of amides is 1. The van der Waals surface area contributed by atoms with Gasteiger partial charge in [0.05, 0.1) is 12.4 Å². The second-order valence-electron chi connectivity index (χ2n) is 5.70. The Hall–Kier alpha value is -2.20. The van der Waals surface area contributed by atoms with Crippen molar-refractivity contribution in [2.75, 3.05) is 26.2 Å². The molecule has 1 saturated heterocycles. The highest BCUT2D eigenvalue weighted by Gasteiger charge is 2.30. The van der Waals surface area contributed by atoms with Gasteiger partial charge in [-0.2, -0.15) is 9.40 Å². The summed E-state index contributed by atoms with van der Waals surface area (Å²) in [5.74, 6) is 0.276. The molecule has 9 nitrogen and oxygen atoms in total. The van der Waals surface area contributed by atoms with Gasteiger partial charge in [-0.1, -0.05) is 5.16 Å². The highest BCUT2D eigenvalue weighted by atomic mass is 32.2. The minimum absolute atomic E-state index is 0.166. The third-order valence-corrected chi connectivity index (χ3v) is 5.89. The molecule has 0 radical (unpaired) electrons. The number of hydrogen-bond acceptors (Lipinski definition) is 6. The number of carbonyl (C=O) groups excluding carboxylic acids is 1. The van der Waals surface area contributed by atoms with Crippen LogP contribution in [0, 0.1) is 6.92 Å². The third kappa shape index (κ3) is 3.06. The second-order valence-corrected chi connectivity index (χ2v) is 7.63. The molecule has 0 N–H and O–H groups in total. The van der Waals surface area contributed by atoms with Crippen LogP contribution in [0.5, 0.6) is 0 Å². The van der Waals surface area contributed by atoms with E-state index in [0.29, 0.717) is 37.4 Å². The lowest BCUT2D eigenvalue weighted by Gasteiger charge is -2.21. The molecule has 1 fully saturated rings. The zero-order valence-corrected chi connectivity index (χ0v) is 14.4. The van der Waals surface area contributed by atoms with Crippen LogP contribution in [0.4, 0.5) is 0 Å². The van der Waals surface area contributed by atoms with Crippen LogP contribution in [0.1, 0.15) is 22.5 Å². The van der Waals surface area contributed by atoms with Crippen molar-refractivity contribution in [3.63, 3.8) is 0 Å². The van der Waals surface area contributed by atoms with Crippen LogP contribution >= 0.6 is 0 Å². The monoisotopic (exact) mass is 353 g/mol. The van der Waals surface area contributed by atoms with E-state index in [1.54, 1.807) is 18.9 Å². The van der Waals surface area contributed by atoms with E-state index in [0.717, 1.165) is 0 Å². The molecule has 0 atom stereocenters. The fourth-order valence-corrected chi connectivity index (χ4v) is 4.15. The van der Waals surface area contributed by atoms with Gasteiger partial charge in [-0.25, -0.2) is 8.42 Å². The summed E-state index contributed by atoms with van der Waals surface area (Å²) in [7, 11) is -1.92. The summed E-state index contributed by atoms with van der Waals surface area (Å²) in [5, 5.41) is 7.54. The normalized spacial score (nSPS) is 17.0. The van der Waals surface area contributed by atoms with Gasteiger partial charge in [-0.3, -0.25) is 9.48 Å². The Morgan fingerprint density at radius 2 is 2.00 bits per heavy atom. The first kappa shape index (κ1) is 16.7. The van der Waals surface area contributed by atoms with Crippen LogP contribution in [0.2, 0.25) is 0 Å². The first-order valence-corrected chi connectivity index (χ1v) is 9.03. The molecule has 1 aliphatic heterocycles. The van der Waals surface area contributed by atoms with Crippen LogP contribution in [0.15, 0.2) is 28.0 Å². The number of carbonyl (C=O) groups is 1. The molecule has 0 bridgehead atoms. The molecule has 0 saturated carbocycles. The number of rotatable bonds is 3. The lowest BCUT2D eigenvalue weighted by molar-refractivity contribution is 0.0762. The van der Waals surface area contributed by atoms with Gasteiger partial charge in [0.1, 0.15) is 16.2 Å². The first-order chi connectivity index (χ1) is 11.4. The van der Waals surface area contributed by atoms with Crippen molar-refractivity contribution in [2.45, 2.75) is 18.2 Å². The number of aryl methyl sites for hydroxylation is 2. The highest BCUT2D eigenvalue weighted by molar-refractivity contribution is 7.89. The van der Waals surface area contributed by atoms with Crippen LogP contribution in [0.25, 0.3) is 0 Å². The van der Waals surface area contributed by atoms with Gasteiger partial charge < -0.3 is 9.42 Å². The Kier molecular flexibility index (Phi) is 4.41. The van der Waals surface area contributed by atoms with E-state index in [9.17, 15) is 13.2 Å². The molecule has 24 heavy (non-hydrogen) atoms. The zero-order chi connectivity index (χ0) is 17.3. The Morgan fingerprint density at radius 3 is 2.62 bits per heavy atom. The van der Waals surface area contributed by atoms with Crippen molar-refractivity contribution in [1.82, 2.24) is 24.1 Å². The van der Waals surface area contributed by atoms with Crippen molar-refractivity contribution >= 4 is 15.9 Å². The fourth-order valence-electron chi connectivity index (χ4n) is 2.69. The molecular weight excluding hydrogens is 334 g/mol. The summed E-state index contributed by atoms with van der Waals surface area (Å²) < 4.78 is 33.1. The van der Waals surface area contributed by atoms with E-state index in [2.05, 4.69) is 10.3 Å². The molecular formula is C14H19N5O4S. The molecule has 3 heterocycles. The smallest absolute Gasteiger partial charge is 0.259 e. The Balaban J connectivity index is 1.73. The Bertz CT molecular complexity index is 841. The molecule has 10 heteroatoms. The van der Waals surface area contributed by atoms with Crippen molar-refractivity contribution in [3.05, 3.63) is 29.9 Å². The van der Waals surface area contributed by atoms with Crippen molar-refractivity contribution in [1.29, 1.82) is 0 Å². The predicted molar refractivity (Wildman–Crippen MR) is 83.7 cm³/mol. The largest absolute Gasteiger partial charge is 0.361 e. The van der Waals surface area contributed by atoms with Crippen LogP contribution < -0.4 is 0 Å². The van der Waals surface area contributed by atoms with E-state index in [4.69, 9.17) is 4.52 Å². The molecule has 1 amide bonds. The van der Waals surface area contributed by atoms with Gasteiger partial charge in [0.15, 0.2) is 0 Å². The van der Waals surface area contributed by atoms with Gasteiger partial charge in [0, 0.05) is 39.4 Å². The highest BCUT2D eigenvalue weighted by Crippen LogP contribution is 2.18. The summed E-state index contributed by atoms with van der Waals surface area (Å²) >= 11 is 0. The summed E-state index contributed by atoms with van der Waals surface area (Å²) in [5.41, 5.74) is 0.415. The SMILES string of the molecule is Cc1oncc1C(=O)N1CCCN(S(=O)(=O)c2cnn(C)c2)CC1. The summed E-state index contributed by atoms with van der Waals surface area (Å²) in [4.78, 5) is 14.3. The number of aromatic nitrogens is 3. The van der Waals surface area contributed by atoms with Crippen molar-refractivity contribution in [3.8, 4) is 0 Å². The average Bonchev–Trinajstić information content (AvgIpc) is 3.07. The number of sulfonamides is 1. The van der Waals surface area contributed by atoms with E-state index in [1.165, 1.54) is 27.6 Å². The quantitative estimate of drug-likeness (QED) is 0.784. The van der Waals surface area contributed by atoms with Crippen LogP contribution in [-0.4, -0.2) is 64.6 Å². The number of nitrogens with zero attached hydrogens (tertiary/aromatic N) is 5. The van der Waals surface area contributed by atoms with Crippen molar-refractivity contribution in [2.24, 2.45) is 7.05 Å². The van der Waals surface area contributed by atoms with E-state index in [-0.39, 0.29) is 17.3 Å². The molecule has 0 aliphatic carbocycles. The molecule has 1 aliphatic rings. The molecule has 3 rings (SSSR count). The molecule has 2 aromatic rings. The predicted octanol–water partition coefficient (Wildman–Crippen LogP) is 0.253. The molecule has 0 aromatic carbocycles. The van der Waals surface area contributed by atoms with Gasteiger partial charge in [-0.15, -0.1) is 0 Å². The molecule has 0 spiro atoms. The standard InChI is InChI=1S/C14H19N5O4S/c1-11-13(9-16-23-11)14(20)18-4-3-5-19(7-6-18)24(21,22)12-8-15-17(2)10-12/h8-10H,3-7H2,1-2H3. The maximum atomic E-state index is 12.7. The lowest BCUT2D eigenvalue weighted by Crippen LogP contribution is -2.37. The van der Waals surface area contributed by atoms with Gasteiger partial charge in [0.2, 0.25) is 10.0 Å². The van der Waals surface area contributed by atoms with Gasteiger partial charge in [0.25, 0.3) is 5.91 Å². The molecule has 0 unspecified atom stereocenters. The van der Waals surface area contributed by atoms with Gasteiger partial charge >= 0.3 is 0 Å². The minimum Gasteiger partial charge on any atom is -0.361 e. The van der Waals surface area contributed by atoms with E-state index < -0.39 is 10.0 Å². The molecule has 2 aromatic heterocycles. The van der Waals surface area contributed by atoms with Crippen LogP contribution in [0.3, 0.4) is 0 Å². The Morgan fingerprint density at radius 1 is 1.21 bits per heavy atom. The summed E-state index contributed by atoms with van der Waals surface area (Å²) in [6.07, 6.45) is 4.77. The van der Waals surface area contributed by atoms with Gasteiger partial charge in [-0.05, 0) is 13.3 Å². The maximum absolute atomic E-state index is 12.7. The van der Waals surface area contributed by atoms with E-state index in [1.807, 2.05) is 0 Å². The zero-order valence-electron chi connectivity index (χ0n) is 13.5. The Labute approximate surface area is 139 Å². The third-order valence-electron chi connectivity index (χ3n) is 4.04. The second kappa shape index (κ2) is 6.36. The summed E-state index contributed by atoms with van der Waals surface area (Å²) in [6, 6.07) is 0. The summed E-state index contributed by atoms with van der Waals surface area (Å²) in [6.45, 7) is 3.10. The van der Waals surface area contributed by atoms with Crippen molar-refractivity contribution < 1.29 is 17.7 Å². The minimum atomic E-state index is -3.59. The maximum Gasteiger partial charge on any atom is 0.259 e. The number of hydrogen-bond donors (Lipinski definition) is 0. The lowest BCUT2D eigenvalue weighted by atomic mass is 10.2.